The Bertz CT molecular complexity index is 851. The fraction of sp³-hybridized carbons (Fsp3) is 0.476. The molecule has 0 fully saturated rings. The number of hydrogen-bond donors (Lipinski definition) is 7. The van der Waals surface area contributed by atoms with E-state index in [9.17, 15) is 29.1 Å². The molecule has 0 saturated carbocycles. The van der Waals surface area contributed by atoms with Gasteiger partial charge in [-0.2, -0.15) is 12.6 Å². The molecule has 11 nitrogen and oxygen atoms in total. The Morgan fingerprint density at radius 1 is 0.939 bits per heavy atom. The van der Waals surface area contributed by atoms with Gasteiger partial charge >= 0.3 is 5.97 Å². The molecule has 0 bridgehead atoms. The molecule has 0 spiro atoms. The predicted octanol–water partition coefficient (Wildman–Crippen LogP) is -1.44. The van der Waals surface area contributed by atoms with Gasteiger partial charge in [-0.05, 0) is 17.9 Å². The topological polar surface area (TPSA) is 194 Å². The molecule has 1 rings (SSSR count). The number of benzene rings is 1. The van der Waals surface area contributed by atoms with E-state index >= 15 is 0 Å². The molecule has 12 heteroatoms. The minimum absolute atomic E-state index is 0.121. The van der Waals surface area contributed by atoms with Crippen LogP contribution in [-0.2, 0) is 30.4 Å². The minimum Gasteiger partial charge on any atom is -0.480 e. The highest BCUT2D eigenvalue weighted by molar-refractivity contribution is 7.80. The molecule has 0 saturated heterocycles. The predicted molar refractivity (Wildman–Crippen MR) is 124 cm³/mol. The van der Waals surface area contributed by atoms with Crippen LogP contribution in [-0.4, -0.2) is 64.6 Å². The number of carboxylic acid groups (broad SMARTS) is 1. The van der Waals surface area contributed by atoms with E-state index in [0.717, 1.165) is 5.56 Å². The number of rotatable bonds is 13. The third kappa shape index (κ3) is 9.49. The Hall–Kier alpha value is -3.12. The highest BCUT2D eigenvalue weighted by Gasteiger charge is 2.31. The van der Waals surface area contributed by atoms with E-state index in [-0.39, 0.29) is 12.2 Å². The number of amides is 4. The van der Waals surface area contributed by atoms with Gasteiger partial charge in [-0.15, -0.1) is 0 Å². The Labute approximate surface area is 197 Å². The Kier molecular flexibility index (Phi) is 11.4. The second-order valence-corrected chi connectivity index (χ2v) is 8.21. The van der Waals surface area contributed by atoms with Gasteiger partial charge in [0.2, 0.25) is 23.6 Å². The summed E-state index contributed by atoms with van der Waals surface area (Å²) in [5.74, 6) is -5.03. The minimum atomic E-state index is -1.44. The van der Waals surface area contributed by atoms with Crippen molar-refractivity contribution in [3.05, 3.63) is 35.9 Å². The van der Waals surface area contributed by atoms with Crippen molar-refractivity contribution in [3.8, 4) is 0 Å². The van der Waals surface area contributed by atoms with E-state index in [1.165, 1.54) is 0 Å². The molecule has 33 heavy (non-hydrogen) atoms. The zero-order valence-electron chi connectivity index (χ0n) is 18.5. The highest BCUT2D eigenvalue weighted by Crippen LogP contribution is 2.05. The van der Waals surface area contributed by atoms with Crippen molar-refractivity contribution < 1.29 is 29.1 Å². The van der Waals surface area contributed by atoms with E-state index in [0.29, 0.717) is 0 Å². The summed E-state index contributed by atoms with van der Waals surface area (Å²) < 4.78 is 0. The number of carbonyl (C=O) groups is 5. The average molecular weight is 482 g/mol. The first-order valence-corrected chi connectivity index (χ1v) is 10.9. The van der Waals surface area contributed by atoms with Crippen LogP contribution in [0.5, 0.6) is 0 Å². The molecule has 1 aromatic rings. The number of aliphatic carboxylic acids is 1. The summed E-state index contributed by atoms with van der Waals surface area (Å²) in [6.07, 6.45) is -0.325. The molecule has 0 aromatic heterocycles. The zero-order valence-corrected chi connectivity index (χ0v) is 19.4. The van der Waals surface area contributed by atoms with Gasteiger partial charge in [-0.3, -0.25) is 19.2 Å². The lowest BCUT2D eigenvalue weighted by atomic mass is 10.0. The molecule has 4 atom stereocenters. The van der Waals surface area contributed by atoms with E-state index in [2.05, 4.69) is 28.6 Å². The van der Waals surface area contributed by atoms with Gasteiger partial charge < -0.3 is 32.5 Å². The van der Waals surface area contributed by atoms with Gasteiger partial charge in [0.15, 0.2) is 0 Å². The summed E-state index contributed by atoms with van der Waals surface area (Å²) in [5.41, 5.74) is 11.9. The van der Waals surface area contributed by atoms with Crippen LogP contribution < -0.4 is 27.4 Å². The maximum absolute atomic E-state index is 12.7. The van der Waals surface area contributed by atoms with E-state index in [1.54, 1.807) is 13.8 Å². The van der Waals surface area contributed by atoms with Crippen molar-refractivity contribution in [2.45, 2.75) is 50.9 Å². The number of hydrogen-bond acceptors (Lipinski definition) is 7. The summed E-state index contributed by atoms with van der Waals surface area (Å²) >= 11 is 4.06. The van der Waals surface area contributed by atoms with Crippen LogP contribution in [0.4, 0.5) is 0 Å². The molecule has 8 N–H and O–H groups in total. The summed E-state index contributed by atoms with van der Waals surface area (Å²) in [6, 6.07) is 4.29. The standard InChI is InChI=1S/C21H31N5O6S/c1-11(2)17(21(31)32)26-19(29)14(9-16(23)27)24-20(30)15(10-33)25-18(28)13(22)8-12-6-4-3-5-7-12/h3-7,11,13-15,17,33H,8-10,22H2,1-2H3,(H2,23,27)(H,24,30)(H,25,28)(H,26,29)(H,31,32). The monoisotopic (exact) mass is 481 g/mol. The lowest BCUT2D eigenvalue weighted by Gasteiger charge is -2.25. The SMILES string of the molecule is CC(C)C(NC(=O)C(CC(N)=O)NC(=O)C(CS)NC(=O)C(N)Cc1ccccc1)C(=O)O. The molecule has 0 aliphatic heterocycles. The van der Waals surface area contributed by atoms with Crippen molar-refractivity contribution in [2.75, 3.05) is 5.75 Å². The molecule has 4 amide bonds. The molecule has 182 valence electrons. The summed E-state index contributed by atoms with van der Waals surface area (Å²) in [4.78, 5) is 60.4. The number of nitrogens with one attached hydrogen (secondary N) is 3. The Morgan fingerprint density at radius 3 is 1.97 bits per heavy atom. The highest BCUT2D eigenvalue weighted by atomic mass is 32.1. The van der Waals surface area contributed by atoms with Gasteiger partial charge in [-0.1, -0.05) is 44.2 Å². The lowest BCUT2D eigenvalue weighted by Crippen LogP contribution is -2.58. The molecule has 0 heterocycles. The van der Waals surface area contributed by atoms with Crippen molar-refractivity contribution in [1.29, 1.82) is 0 Å². The normalized spacial score (nSPS) is 14.5. The first-order valence-electron chi connectivity index (χ1n) is 10.3. The maximum Gasteiger partial charge on any atom is 0.326 e. The van der Waals surface area contributed by atoms with Crippen molar-refractivity contribution in [2.24, 2.45) is 17.4 Å². The fourth-order valence-electron chi connectivity index (χ4n) is 2.88. The molecule has 0 aliphatic rings. The van der Waals surface area contributed by atoms with Crippen LogP contribution in [0.2, 0.25) is 0 Å². The van der Waals surface area contributed by atoms with E-state index < -0.39 is 66.1 Å². The molecular weight excluding hydrogens is 450 g/mol. The van der Waals surface area contributed by atoms with Gasteiger partial charge in [0.1, 0.15) is 18.1 Å². The van der Waals surface area contributed by atoms with Gasteiger partial charge in [0.05, 0.1) is 12.5 Å². The van der Waals surface area contributed by atoms with Crippen LogP contribution in [0.25, 0.3) is 0 Å². The van der Waals surface area contributed by atoms with Crippen LogP contribution in [0, 0.1) is 5.92 Å². The number of nitrogens with two attached hydrogens (primary N) is 2. The molecule has 0 aliphatic carbocycles. The van der Waals surface area contributed by atoms with Crippen molar-refractivity contribution >= 4 is 42.2 Å². The average Bonchev–Trinajstić information content (AvgIpc) is 2.74. The van der Waals surface area contributed by atoms with Crippen LogP contribution in [0.3, 0.4) is 0 Å². The summed E-state index contributed by atoms with van der Waals surface area (Å²) in [6.45, 7) is 3.18. The van der Waals surface area contributed by atoms with Crippen LogP contribution in [0.1, 0.15) is 25.8 Å². The van der Waals surface area contributed by atoms with Crippen molar-refractivity contribution in [3.63, 3.8) is 0 Å². The number of carbonyl (C=O) groups excluding carboxylic acids is 4. The van der Waals surface area contributed by atoms with Crippen molar-refractivity contribution in [1.82, 2.24) is 16.0 Å². The third-order valence-electron chi connectivity index (χ3n) is 4.72. The molecule has 0 radical (unpaired) electrons. The maximum atomic E-state index is 12.7. The van der Waals surface area contributed by atoms with E-state index in [4.69, 9.17) is 11.5 Å². The molecular formula is C21H31N5O6S. The van der Waals surface area contributed by atoms with Crippen LogP contribution in [0.15, 0.2) is 30.3 Å². The Morgan fingerprint density at radius 2 is 1.48 bits per heavy atom. The zero-order chi connectivity index (χ0) is 25.1. The number of primary amides is 1. The molecule has 4 unspecified atom stereocenters. The van der Waals surface area contributed by atoms with E-state index in [1.807, 2.05) is 30.3 Å². The first-order chi connectivity index (χ1) is 15.5. The summed E-state index contributed by atoms with van der Waals surface area (Å²) in [5, 5.41) is 16.3. The van der Waals surface area contributed by atoms with Gasteiger partial charge in [-0.25, -0.2) is 4.79 Å². The second-order valence-electron chi connectivity index (χ2n) is 7.84. The first kappa shape index (κ1) is 27.9. The van der Waals surface area contributed by atoms with Crippen LogP contribution >= 0.6 is 12.6 Å². The smallest absolute Gasteiger partial charge is 0.326 e. The third-order valence-corrected chi connectivity index (χ3v) is 5.08. The molecule has 1 aromatic carbocycles. The number of thiol groups is 1. The number of carboxylic acids is 1. The fourth-order valence-corrected chi connectivity index (χ4v) is 3.14. The largest absolute Gasteiger partial charge is 0.480 e. The second kappa shape index (κ2) is 13.4. The summed E-state index contributed by atoms with van der Waals surface area (Å²) in [7, 11) is 0. The van der Waals surface area contributed by atoms with Gasteiger partial charge in [0.25, 0.3) is 0 Å². The quantitative estimate of drug-likeness (QED) is 0.168. The van der Waals surface area contributed by atoms with Gasteiger partial charge in [0, 0.05) is 5.75 Å². The lowest BCUT2D eigenvalue weighted by molar-refractivity contribution is -0.143. The Balaban J connectivity index is 2.84.